The van der Waals surface area contributed by atoms with Crippen molar-refractivity contribution >= 4 is 16.7 Å². The normalized spacial score (nSPS) is 15.6. The maximum Gasteiger partial charge on any atom is 0.255 e. The molecule has 0 saturated heterocycles. The van der Waals surface area contributed by atoms with Gasteiger partial charge in [-0.1, -0.05) is 60.7 Å². The molecule has 0 fully saturated rings. The Morgan fingerprint density at radius 3 is 2.50 bits per heavy atom. The molecule has 0 radical (unpaired) electrons. The lowest BCUT2D eigenvalue weighted by Crippen LogP contribution is -2.47. The number of rotatable bonds is 4. The summed E-state index contributed by atoms with van der Waals surface area (Å²) in [5.41, 5.74) is 3.22. The summed E-state index contributed by atoms with van der Waals surface area (Å²) in [6.07, 6.45) is 4.20. The van der Waals surface area contributed by atoms with Crippen LogP contribution >= 0.6 is 0 Å². The third-order valence-corrected chi connectivity index (χ3v) is 5.73. The molecule has 0 N–H and O–H groups in total. The van der Waals surface area contributed by atoms with Gasteiger partial charge in [-0.3, -0.25) is 9.78 Å². The van der Waals surface area contributed by atoms with Crippen molar-refractivity contribution in [2.24, 2.45) is 0 Å². The summed E-state index contributed by atoms with van der Waals surface area (Å²) in [5, 5.41) is 2.06. The second kappa shape index (κ2) is 7.99. The van der Waals surface area contributed by atoms with E-state index < -0.39 is 0 Å². The Balaban J connectivity index is 1.48. The Kier molecular flexibility index (Phi) is 4.89. The van der Waals surface area contributed by atoms with E-state index in [0.29, 0.717) is 13.2 Å². The van der Waals surface area contributed by atoms with Gasteiger partial charge >= 0.3 is 0 Å². The predicted octanol–water partition coefficient (Wildman–Crippen LogP) is 4.88. The Morgan fingerprint density at radius 1 is 0.900 bits per heavy atom. The van der Waals surface area contributed by atoms with Gasteiger partial charge in [-0.25, -0.2) is 0 Å². The zero-order chi connectivity index (χ0) is 20.3. The minimum atomic E-state index is -0.0421. The molecule has 3 aromatic carbocycles. The lowest BCUT2D eigenvalue weighted by molar-refractivity contribution is 0.0568. The number of ether oxygens (including phenoxy) is 1. The number of benzene rings is 3. The molecular weight excluding hydrogens is 372 g/mol. The molecule has 4 heteroatoms. The van der Waals surface area contributed by atoms with Crippen molar-refractivity contribution in [2.75, 3.05) is 6.61 Å². The summed E-state index contributed by atoms with van der Waals surface area (Å²) in [6, 6.07) is 25.9. The lowest BCUT2D eigenvalue weighted by atomic mass is 9.93. The first-order valence-electron chi connectivity index (χ1n) is 10.2. The van der Waals surface area contributed by atoms with Crippen LogP contribution in [0.15, 0.2) is 91.3 Å². The number of pyridine rings is 1. The standard InChI is InChI=1S/C26H22N2O2/c29-26(25-11-5-9-19-6-3-4-10-24(19)25)28-17-21-8-2-1-7-20(21)16-22(28)18-30-23-12-14-27-15-13-23/h1-15,22H,16-18H2. The summed E-state index contributed by atoms with van der Waals surface area (Å²) in [6.45, 7) is 1.03. The molecule has 2 heterocycles. The van der Waals surface area contributed by atoms with Gasteiger partial charge in [-0.2, -0.15) is 0 Å². The lowest BCUT2D eigenvalue weighted by Gasteiger charge is -2.37. The first-order valence-corrected chi connectivity index (χ1v) is 10.2. The molecule has 1 atom stereocenters. The summed E-state index contributed by atoms with van der Waals surface area (Å²) in [5.74, 6) is 0.811. The average molecular weight is 394 g/mol. The van der Waals surface area contributed by atoms with Gasteiger partial charge in [0.15, 0.2) is 0 Å². The number of hydrogen-bond acceptors (Lipinski definition) is 3. The fourth-order valence-electron chi connectivity index (χ4n) is 4.17. The molecule has 4 nitrogen and oxygen atoms in total. The molecule has 1 aromatic heterocycles. The van der Waals surface area contributed by atoms with Gasteiger partial charge in [-0.05, 0) is 46.5 Å². The van der Waals surface area contributed by atoms with Crippen LogP contribution in [0, 0.1) is 0 Å². The second-order valence-electron chi connectivity index (χ2n) is 7.58. The Morgan fingerprint density at radius 2 is 1.63 bits per heavy atom. The highest BCUT2D eigenvalue weighted by Crippen LogP contribution is 2.28. The van der Waals surface area contributed by atoms with E-state index >= 15 is 0 Å². The van der Waals surface area contributed by atoms with E-state index in [-0.39, 0.29) is 11.9 Å². The largest absolute Gasteiger partial charge is 0.491 e. The number of carbonyl (C=O) groups is 1. The second-order valence-corrected chi connectivity index (χ2v) is 7.58. The molecule has 1 aliphatic rings. The zero-order valence-corrected chi connectivity index (χ0v) is 16.6. The van der Waals surface area contributed by atoms with E-state index in [1.807, 2.05) is 65.6 Å². The Hall–Kier alpha value is -3.66. The van der Waals surface area contributed by atoms with Crippen LogP contribution in [0.25, 0.3) is 10.8 Å². The van der Waals surface area contributed by atoms with E-state index in [0.717, 1.165) is 28.5 Å². The number of amides is 1. The van der Waals surface area contributed by atoms with Gasteiger partial charge in [0.05, 0.1) is 6.04 Å². The van der Waals surface area contributed by atoms with Crippen molar-refractivity contribution in [3.63, 3.8) is 0 Å². The topological polar surface area (TPSA) is 42.4 Å². The highest BCUT2D eigenvalue weighted by molar-refractivity contribution is 6.07. The molecule has 0 saturated carbocycles. The van der Waals surface area contributed by atoms with Gasteiger partial charge in [0.25, 0.3) is 5.91 Å². The Labute approximate surface area is 175 Å². The summed E-state index contributed by atoms with van der Waals surface area (Å²) in [7, 11) is 0. The van der Waals surface area contributed by atoms with Crippen LogP contribution < -0.4 is 4.74 Å². The van der Waals surface area contributed by atoms with Crippen molar-refractivity contribution in [1.29, 1.82) is 0 Å². The average Bonchev–Trinajstić information content (AvgIpc) is 2.82. The van der Waals surface area contributed by atoms with Gasteiger partial charge in [-0.15, -0.1) is 0 Å². The first-order chi connectivity index (χ1) is 14.8. The highest BCUT2D eigenvalue weighted by Gasteiger charge is 2.31. The molecule has 148 valence electrons. The molecule has 4 aromatic rings. The van der Waals surface area contributed by atoms with E-state index in [9.17, 15) is 4.79 Å². The molecule has 0 spiro atoms. The van der Waals surface area contributed by atoms with Gasteiger partial charge in [0.1, 0.15) is 12.4 Å². The van der Waals surface area contributed by atoms with Crippen LogP contribution in [-0.2, 0) is 13.0 Å². The maximum absolute atomic E-state index is 13.7. The number of fused-ring (bicyclic) bond motifs is 2. The third-order valence-electron chi connectivity index (χ3n) is 5.73. The van der Waals surface area contributed by atoms with Crippen molar-refractivity contribution in [3.05, 3.63) is 108 Å². The number of aromatic nitrogens is 1. The SMILES string of the molecule is O=C(c1cccc2ccccc12)N1Cc2ccccc2CC1COc1ccncc1. The van der Waals surface area contributed by atoms with E-state index in [1.54, 1.807) is 12.4 Å². The van der Waals surface area contributed by atoms with E-state index in [1.165, 1.54) is 11.1 Å². The fraction of sp³-hybridized carbons (Fsp3) is 0.154. The van der Waals surface area contributed by atoms with Gasteiger partial charge in [0.2, 0.25) is 0 Å². The maximum atomic E-state index is 13.7. The van der Waals surface area contributed by atoms with Crippen LogP contribution in [0.3, 0.4) is 0 Å². The molecule has 0 aliphatic carbocycles. The van der Waals surface area contributed by atoms with Crippen molar-refractivity contribution in [2.45, 2.75) is 19.0 Å². The summed E-state index contributed by atoms with van der Waals surface area (Å²) < 4.78 is 6.03. The van der Waals surface area contributed by atoms with Gasteiger partial charge < -0.3 is 9.64 Å². The molecule has 5 rings (SSSR count). The number of hydrogen-bond donors (Lipinski definition) is 0. The van der Waals surface area contributed by atoms with Crippen molar-refractivity contribution in [1.82, 2.24) is 9.88 Å². The highest BCUT2D eigenvalue weighted by atomic mass is 16.5. The van der Waals surface area contributed by atoms with Crippen molar-refractivity contribution in [3.8, 4) is 5.75 Å². The van der Waals surface area contributed by atoms with Crippen LogP contribution in [0.2, 0.25) is 0 Å². The quantitative estimate of drug-likeness (QED) is 0.495. The van der Waals surface area contributed by atoms with E-state index in [4.69, 9.17) is 4.74 Å². The molecule has 1 amide bonds. The van der Waals surface area contributed by atoms with Crippen molar-refractivity contribution < 1.29 is 9.53 Å². The van der Waals surface area contributed by atoms with Crippen LogP contribution in [0.1, 0.15) is 21.5 Å². The minimum Gasteiger partial charge on any atom is -0.491 e. The van der Waals surface area contributed by atoms with Gasteiger partial charge in [0, 0.05) is 24.5 Å². The van der Waals surface area contributed by atoms with E-state index in [2.05, 4.69) is 23.2 Å². The molecule has 0 bridgehead atoms. The molecular formula is C26H22N2O2. The number of carbonyl (C=O) groups excluding carboxylic acids is 1. The van der Waals surface area contributed by atoms with Crippen LogP contribution in [0.5, 0.6) is 5.75 Å². The number of nitrogens with zero attached hydrogens (tertiary/aromatic N) is 2. The van der Waals surface area contributed by atoms with Crippen LogP contribution in [-0.4, -0.2) is 28.4 Å². The summed E-state index contributed by atoms with van der Waals surface area (Å²) >= 11 is 0. The predicted molar refractivity (Wildman–Crippen MR) is 117 cm³/mol. The molecule has 1 unspecified atom stereocenters. The first kappa shape index (κ1) is 18.4. The summed E-state index contributed by atoms with van der Waals surface area (Å²) in [4.78, 5) is 19.7. The monoisotopic (exact) mass is 394 g/mol. The third kappa shape index (κ3) is 3.52. The molecule has 1 aliphatic heterocycles. The fourth-order valence-corrected chi connectivity index (χ4v) is 4.17. The zero-order valence-electron chi connectivity index (χ0n) is 16.6. The Bertz CT molecular complexity index is 1180. The van der Waals surface area contributed by atoms with Crippen LogP contribution in [0.4, 0.5) is 0 Å². The smallest absolute Gasteiger partial charge is 0.255 e. The minimum absolute atomic E-state index is 0.0421. The molecule has 30 heavy (non-hydrogen) atoms.